The number of aryl methyl sites for hydroxylation is 3. The van der Waals surface area contributed by atoms with Crippen LogP contribution in [-0.4, -0.2) is 44.0 Å². The smallest absolute Gasteiger partial charge is 0.226 e. The number of aliphatic hydroxyl groups is 1. The van der Waals surface area contributed by atoms with Crippen LogP contribution in [0.2, 0.25) is 0 Å². The summed E-state index contributed by atoms with van der Waals surface area (Å²) in [5.41, 5.74) is 5.43. The first-order valence-corrected chi connectivity index (χ1v) is 13.0. The Kier molecular flexibility index (Phi) is 6.58. The Hall–Kier alpha value is -2.51. The van der Waals surface area contributed by atoms with E-state index in [1.54, 1.807) is 4.68 Å². The Morgan fingerprint density at radius 2 is 1.88 bits per heavy atom. The Labute approximate surface area is 209 Å². The predicted octanol–water partition coefficient (Wildman–Crippen LogP) is 4.66. The summed E-state index contributed by atoms with van der Waals surface area (Å²) < 4.78 is 2.73. The van der Waals surface area contributed by atoms with E-state index in [1.165, 1.54) is 24.0 Å². The second kappa shape index (κ2) is 9.62. The van der Waals surface area contributed by atoms with Gasteiger partial charge >= 0.3 is 0 Å². The van der Waals surface area contributed by atoms with Gasteiger partial charge < -0.3 is 10.0 Å². The van der Waals surface area contributed by atoms with Gasteiger partial charge in [0, 0.05) is 17.6 Å². The maximum Gasteiger partial charge on any atom is 0.226 e. The zero-order valence-electron chi connectivity index (χ0n) is 19.6. The number of likely N-dealkylation sites (tertiary alicyclic amines) is 1. The highest BCUT2D eigenvalue weighted by atomic mass is 79.9. The quantitative estimate of drug-likeness (QED) is 0.540. The first-order chi connectivity index (χ1) is 16.4. The van der Waals surface area contributed by atoms with Gasteiger partial charge in [-0.3, -0.25) is 4.79 Å². The summed E-state index contributed by atoms with van der Waals surface area (Å²) in [6, 6.07) is 12.5. The van der Waals surface area contributed by atoms with Gasteiger partial charge in [0.25, 0.3) is 0 Å². The highest BCUT2D eigenvalue weighted by Crippen LogP contribution is 2.32. The lowest BCUT2D eigenvalue weighted by Crippen LogP contribution is -2.34. The van der Waals surface area contributed by atoms with Crippen LogP contribution in [0.15, 0.2) is 47.1 Å². The van der Waals surface area contributed by atoms with E-state index in [0.717, 1.165) is 40.5 Å². The average molecular weight is 523 g/mol. The zero-order chi connectivity index (χ0) is 23.7. The van der Waals surface area contributed by atoms with Gasteiger partial charge in [-0.15, -0.1) is 5.10 Å². The summed E-state index contributed by atoms with van der Waals surface area (Å²) in [6.07, 6.45) is 8.77. The first-order valence-electron chi connectivity index (χ1n) is 12.2. The van der Waals surface area contributed by atoms with Gasteiger partial charge in [0.2, 0.25) is 5.91 Å². The number of aromatic nitrogens is 3. The molecule has 0 saturated carbocycles. The number of halogens is 1. The molecule has 178 valence electrons. The molecule has 1 saturated heterocycles. The molecule has 0 bridgehead atoms. The zero-order valence-corrected chi connectivity index (χ0v) is 21.2. The summed E-state index contributed by atoms with van der Waals surface area (Å²) in [7, 11) is 0. The van der Waals surface area contributed by atoms with Crippen LogP contribution in [0.3, 0.4) is 0 Å². The number of amides is 1. The average Bonchev–Trinajstić information content (AvgIpc) is 3.23. The van der Waals surface area contributed by atoms with Crippen LogP contribution in [0.4, 0.5) is 0 Å². The first kappa shape index (κ1) is 23.2. The van der Waals surface area contributed by atoms with Crippen LogP contribution in [0.25, 0.3) is 5.69 Å². The van der Waals surface area contributed by atoms with Crippen LogP contribution in [0.1, 0.15) is 60.1 Å². The van der Waals surface area contributed by atoms with Crippen molar-refractivity contribution < 1.29 is 9.90 Å². The van der Waals surface area contributed by atoms with Crippen molar-refractivity contribution in [3.8, 4) is 5.69 Å². The summed E-state index contributed by atoms with van der Waals surface area (Å²) in [5, 5.41) is 20.1. The van der Waals surface area contributed by atoms with Crippen LogP contribution >= 0.6 is 15.9 Å². The molecule has 3 aromatic rings. The van der Waals surface area contributed by atoms with Gasteiger partial charge in [0.15, 0.2) is 0 Å². The van der Waals surface area contributed by atoms with Crippen molar-refractivity contribution in [2.45, 2.75) is 63.9 Å². The topological polar surface area (TPSA) is 71.2 Å². The Balaban J connectivity index is 1.26. The van der Waals surface area contributed by atoms with E-state index in [-0.39, 0.29) is 5.91 Å². The molecule has 2 heterocycles. The number of carbonyl (C=O) groups excluding carboxylic acids is 1. The molecule has 1 aromatic heterocycles. The van der Waals surface area contributed by atoms with Gasteiger partial charge in [0.05, 0.1) is 18.3 Å². The SMILES string of the molecule is Cc1cc(Br)ccc1-n1cc(C2(O)CCCN(C(=O)Cc3ccc4c(c3)CCCC4)CC2)nn1. The van der Waals surface area contributed by atoms with Gasteiger partial charge in [-0.05, 0) is 92.3 Å². The minimum absolute atomic E-state index is 0.133. The number of nitrogens with zero attached hydrogens (tertiary/aromatic N) is 4. The fourth-order valence-corrected chi connectivity index (χ4v) is 5.75. The molecular weight excluding hydrogens is 492 g/mol. The summed E-state index contributed by atoms with van der Waals surface area (Å²) in [6.45, 7) is 3.20. The second-order valence-corrected chi connectivity index (χ2v) is 10.6. The molecule has 2 aliphatic rings. The standard InChI is InChI=1S/C27H31BrN4O2/c1-19-15-23(28)9-10-24(19)32-18-25(29-30-32)27(34)11-4-13-31(14-12-27)26(33)17-20-7-8-21-5-2-3-6-22(21)16-20/h7-10,15-16,18,34H,2-6,11-14,17H2,1H3. The monoisotopic (exact) mass is 522 g/mol. The Morgan fingerprint density at radius 1 is 1.06 bits per heavy atom. The van der Waals surface area contributed by atoms with Gasteiger partial charge in [0.1, 0.15) is 11.3 Å². The number of carbonyl (C=O) groups is 1. The summed E-state index contributed by atoms with van der Waals surface area (Å²) in [4.78, 5) is 15.0. The molecule has 0 radical (unpaired) electrons. The molecule has 1 atom stereocenters. The lowest BCUT2D eigenvalue weighted by atomic mass is 9.90. The molecular formula is C27H31BrN4O2. The highest BCUT2D eigenvalue weighted by Gasteiger charge is 2.36. The van der Waals surface area contributed by atoms with Crippen LogP contribution in [0, 0.1) is 6.92 Å². The molecule has 7 heteroatoms. The minimum atomic E-state index is -1.08. The van der Waals surface area contributed by atoms with Crippen molar-refractivity contribution in [2.24, 2.45) is 0 Å². The largest absolute Gasteiger partial charge is 0.383 e. The van der Waals surface area contributed by atoms with Gasteiger partial charge in [-0.1, -0.05) is 39.3 Å². The van der Waals surface area contributed by atoms with E-state index in [2.05, 4.69) is 44.4 Å². The number of hydrogen-bond donors (Lipinski definition) is 1. The molecule has 34 heavy (non-hydrogen) atoms. The molecule has 1 amide bonds. The molecule has 2 aromatic carbocycles. The molecule has 1 unspecified atom stereocenters. The van der Waals surface area contributed by atoms with Crippen LogP contribution in [-0.2, 0) is 29.7 Å². The van der Waals surface area contributed by atoms with E-state index in [0.29, 0.717) is 38.0 Å². The van der Waals surface area contributed by atoms with Crippen molar-refractivity contribution in [3.63, 3.8) is 0 Å². The fourth-order valence-electron chi connectivity index (χ4n) is 5.28. The molecule has 1 N–H and O–H groups in total. The number of rotatable bonds is 4. The van der Waals surface area contributed by atoms with E-state index >= 15 is 0 Å². The van der Waals surface area contributed by atoms with Crippen molar-refractivity contribution in [2.75, 3.05) is 13.1 Å². The van der Waals surface area contributed by atoms with Crippen LogP contribution in [0.5, 0.6) is 0 Å². The third kappa shape index (κ3) is 4.82. The van der Waals surface area contributed by atoms with Crippen molar-refractivity contribution in [1.29, 1.82) is 0 Å². The minimum Gasteiger partial charge on any atom is -0.383 e. The maximum atomic E-state index is 13.1. The van der Waals surface area contributed by atoms with E-state index in [9.17, 15) is 9.90 Å². The van der Waals surface area contributed by atoms with E-state index in [1.807, 2.05) is 36.2 Å². The number of benzene rings is 2. The molecule has 1 aliphatic heterocycles. The Bertz CT molecular complexity index is 1210. The van der Waals surface area contributed by atoms with Gasteiger partial charge in [-0.2, -0.15) is 0 Å². The second-order valence-electron chi connectivity index (χ2n) is 9.73. The van der Waals surface area contributed by atoms with Crippen molar-refractivity contribution in [3.05, 3.63) is 75.0 Å². The van der Waals surface area contributed by atoms with Crippen molar-refractivity contribution in [1.82, 2.24) is 19.9 Å². The predicted molar refractivity (Wildman–Crippen MR) is 135 cm³/mol. The molecule has 5 rings (SSSR count). The Morgan fingerprint density at radius 3 is 2.71 bits per heavy atom. The summed E-state index contributed by atoms with van der Waals surface area (Å²) >= 11 is 3.49. The maximum absolute atomic E-state index is 13.1. The van der Waals surface area contributed by atoms with E-state index in [4.69, 9.17) is 0 Å². The number of fused-ring (bicyclic) bond motifs is 1. The van der Waals surface area contributed by atoms with Gasteiger partial charge in [-0.25, -0.2) is 4.68 Å². The number of hydrogen-bond acceptors (Lipinski definition) is 4. The molecule has 6 nitrogen and oxygen atoms in total. The molecule has 1 aliphatic carbocycles. The summed E-state index contributed by atoms with van der Waals surface area (Å²) in [5.74, 6) is 0.133. The molecule has 1 fully saturated rings. The lowest BCUT2D eigenvalue weighted by Gasteiger charge is -2.25. The fraction of sp³-hybridized carbons (Fsp3) is 0.444. The normalized spacial score (nSPS) is 20.6. The highest BCUT2D eigenvalue weighted by molar-refractivity contribution is 9.10. The third-order valence-electron chi connectivity index (χ3n) is 7.31. The van der Waals surface area contributed by atoms with E-state index < -0.39 is 5.60 Å². The third-order valence-corrected chi connectivity index (χ3v) is 7.80. The lowest BCUT2D eigenvalue weighted by molar-refractivity contribution is -0.130. The van der Waals surface area contributed by atoms with Crippen LogP contribution < -0.4 is 0 Å². The molecule has 0 spiro atoms. The van der Waals surface area contributed by atoms with Crippen molar-refractivity contribution >= 4 is 21.8 Å².